The Bertz CT molecular complexity index is 482. The van der Waals surface area contributed by atoms with Crippen molar-refractivity contribution in [1.29, 1.82) is 0 Å². The molecule has 0 saturated heterocycles. The van der Waals surface area contributed by atoms with Crippen molar-refractivity contribution < 1.29 is 31.5 Å². The maximum absolute atomic E-state index is 13.2. The second-order valence-electron chi connectivity index (χ2n) is 3.32. The van der Waals surface area contributed by atoms with E-state index >= 15 is 0 Å². The number of carbonyl (C=O) groups excluding carboxylic acids is 1. The van der Waals surface area contributed by atoms with Gasteiger partial charge in [-0.1, -0.05) is 15.9 Å². The van der Waals surface area contributed by atoms with Gasteiger partial charge in [0.1, 0.15) is 10.5 Å². The minimum atomic E-state index is -2.25. The van der Waals surface area contributed by atoms with Crippen molar-refractivity contribution in [3.05, 3.63) is 29.1 Å². The van der Waals surface area contributed by atoms with Crippen molar-refractivity contribution in [2.75, 3.05) is 19.0 Å². The molecule has 0 saturated carbocycles. The van der Waals surface area contributed by atoms with Gasteiger partial charge in [0.05, 0.1) is 7.11 Å². The molecule has 1 rings (SSSR count). The zero-order chi connectivity index (χ0) is 14.7. The number of alkyl halides is 1. The van der Waals surface area contributed by atoms with Gasteiger partial charge in [0, 0.05) is 6.54 Å². The van der Waals surface area contributed by atoms with E-state index in [0.29, 0.717) is 0 Å². The average Bonchev–Trinajstić information content (AvgIpc) is 2.41. The third-order valence-corrected chi connectivity index (χ3v) is 2.82. The number of nitrogens with one attached hydrogen (secondary N) is 1. The van der Waals surface area contributed by atoms with Crippen LogP contribution >= 0.6 is 15.9 Å². The van der Waals surface area contributed by atoms with E-state index in [0.717, 1.165) is 7.11 Å². The van der Waals surface area contributed by atoms with Crippen LogP contribution in [-0.4, -0.2) is 24.5 Å². The maximum atomic E-state index is 13.2. The SMILES string of the molecule is COC(=O)C(Br)CNc1c(F)c(F)c(F)c(F)c1F. The Morgan fingerprint density at radius 1 is 1.11 bits per heavy atom. The molecule has 1 N–H and O–H groups in total. The second kappa shape index (κ2) is 6.18. The number of halogens is 6. The molecule has 0 aliphatic heterocycles. The fourth-order valence-electron chi connectivity index (χ4n) is 1.16. The van der Waals surface area contributed by atoms with E-state index in [1.54, 1.807) is 0 Å². The first-order valence-electron chi connectivity index (χ1n) is 4.78. The predicted octanol–water partition coefficient (Wildman–Crippen LogP) is 2.73. The fourth-order valence-corrected chi connectivity index (χ4v) is 1.51. The van der Waals surface area contributed by atoms with Gasteiger partial charge >= 0.3 is 5.97 Å². The zero-order valence-electron chi connectivity index (χ0n) is 9.37. The monoisotopic (exact) mass is 347 g/mol. The van der Waals surface area contributed by atoms with Crippen LogP contribution in [-0.2, 0) is 9.53 Å². The van der Waals surface area contributed by atoms with Crippen molar-refractivity contribution in [2.24, 2.45) is 0 Å². The number of esters is 1. The number of hydrogen-bond donors (Lipinski definition) is 1. The smallest absolute Gasteiger partial charge is 0.321 e. The predicted molar refractivity (Wildman–Crippen MR) is 59.5 cm³/mol. The van der Waals surface area contributed by atoms with E-state index in [1.165, 1.54) is 0 Å². The molecule has 0 bridgehead atoms. The van der Waals surface area contributed by atoms with Crippen LogP contribution in [0.3, 0.4) is 0 Å². The number of methoxy groups -OCH3 is 1. The lowest BCUT2D eigenvalue weighted by Crippen LogP contribution is -2.25. The standard InChI is InChI=1S/C10H7BrF5NO2/c1-19-10(18)3(11)2-17-9-7(15)5(13)4(12)6(14)8(9)16/h3,17H,2H2,1H3. The molecule has 0 radical (unpaired) electrons. The van der Waals surface area contributed by atoms with Crippen LogP contribution in [0.15, 0.2) is 0 Å². The molecule has 0 aromatic heterocycles. The average molecular weight is 348 g/mol. The summed E-state index contributed by atoms with van der Waals surface area (Å²) in [5.41, 5.74) is -1.20. The summed E-state index contributed by atoms with van der Waals surface area (Å²) in [6.45, 7) is -0.426. The third-order valence-electron chi connectivity index (χ3n) is 2.12. The van der Waals surface area contributed by atoms with Crippen LogP contribution in [0.25, 0.3) is 0 Å². The molecular formula is C10H7BrF5NO2. The van der Waals surface area contributed by atoms with Crippen LogP contribution in [0, 0.1) is 29.1 Å². The topological polar surface area (TPSA) is 38.3 Å². The van der Waals surface area contributed by atoms with Crippen molar-refractivity contribution in [1.82, 2.24) is 0 Å². The molecule has 3 nitrogen and oxygen atoms in total. The number of anilines is 1. The molecule has 0 fully saturated rings. The van der Waals surface area contributed by atoms with Crippen molar-refractivity contribution in [3.63, 3.8) is 0 Å². The van der Waals surface area contributed by atoms with E-state index in [9.17, 15) is 26.7 Å². The molecule has 0 aliphatic carbocycles. The lowest BCUT2D eigenvalue weighted by atomic mass is 10.2. The Hall–Kier alpha value is -1.38. The highest BCUT2D eigenvalue weighted by molar-refractivity contribution is 9.10. The minimum Gasteiger partial charge on any atom is -0.468 e. The van der Waals surface area contributed by atoms with Gasteiger partial charge < -0.3 is 10.1 Å². The first-order chi connectivity index (χ1) is 8.81. The van der Waals surface area contributed by atoms with Crippen LogP contribution in [0.1, 0.15) is 0 Å². The van der Waals surface area contributed by atoms with Gasteiger partial charge in [0.25, 0.3) is 0 Å². The summed E-state index contributed by atoms with van der Waals surface area (Å²) < 4.78 is 69.2. The van der Waals surface area contributed by atoms with Gasteiger partial charge in [-0.3, -0.25) is 4.79 Å². The Kier molecular flexibility index (Phi) is 5.10. The van der Waals surface area contributed by atoms with E-state index in [-0.39, 0.29) is 0 Å². The number of ether oxygens (including phenoxy) is 1. The molecule has 0 amide bonds. The molecule has 1 aromatic rings. The molecule has 19 heavy (non-hydrogen) atoms. The van der Waals surface area contributed by atoms with E-state index in [2.05, 4.69) is 20.7 Å². The van der Waals surface area contributed by atoms with Crippen molar-refractivity contribution in [2.45, 2.75) is 4.83 Å². The van der Waals surface area contributed by atoms with Gasteiger partial charge in [0.2, 0.25) is 5.82 Å². The number of carbonyl (C=O) groups is 1. The van der Waals surface area contributed by atoms with E-state index in [4.69, 9.17) is 0 Å². The number of rotatable bonds is 4. The summed E-state index contributed by atoms with van der Waals surface area (Å²) in [7, 11) is 1.08. The van der Waals surface area contributed by atoms with Crippen LogP contribution < -0.4 is 5.32 Å². The summed E-state index contributed by atoms with van der Waals surface area (Å²) in [6.07, 6.45) is 0. The Morgan fingerprint density at radius 2 is 1.53 bits per heavy atom. The summed E-state index contributed by atoms with van der Waals surface area (Å²) >= 11 is 2.82. The normalized spacial score (nSPS) is 12.2. The van der Waals surface area contributed by atoms with Gasteiger partial charge in [-0.15, -0.1) is 0 Å². The number of hydrogen-bond acceptors (Lipinski definition) is 3. The Labute approximate surface area is 112 Å². The minimum absolute atomic E-state index is 0.426. The summed E-state index contributed by atoms with van der Waals surface area (Å²) in [6, 6.07) is 0. The number of benzene rings is 1. The van der Waals surface area contributed by atoms with Gasteiger partial charge in [-0.25, -0.2) is 22.0 Å². The summed E-state index contributed by atoms with van der Waals surface area (Å²) in [5.74, 6) is -11.1. The molecule has 1 unspecified atom stereocenters. The first kappa shape index (κ1) is 15.7. The zero-order valence-corrected chi connectivity index (χ0v) is 11.0. The largest absolute Gasteiger partial charge is 0.468 e. The highest BCUT2D eigenvalue weighted by Crippen LogP contribution is 2.27. The van der Waals surface area contributed by atoms with Gasteiger partial charge in [-0.2, -0.15) is 0 Å². The van der Waals surface area contributed by atoms with Gasteiger partial charge in [-0.05, 0) is 0 Å². The summed E-state index contributed by atoms with van der Waals surface area (Å²) in [4.78, 5) is 9.98. The molecule has 0 heterocycles. The Morgan fingerprint density at radius 3 is 1.95 bits per heavy atom. The highest BCUT2D eigenvalue weighted by Gasteiger charge is 2.26. The fraction of sp³-hybridized carbons (Fsp3) is 0.300. The van der Waals surface area contributed by atoms with E-state index in [1.807, 2.05) is 5.32 Å². The second-order valence-corrected chi connectivity index (χ2v) is 4.42. The highest BCUT2D eigenvalue weighted by atomic mass is 79.9. The third kappa shape index (κ3) is 3.14. The van der Waals surface area contributed by atoms with Crippen molar-refractivity contribution in [3.8, 4) is 0 Å². The molecule has 1 aromatic carbocycles. The first-order valence-corrected chi connectivity index (χ1v) is 5.70. The quantitative estimate of drug-likeness (QED) is 0.299. The van der Waals surface area contributed by atoms with Crippen LogP contribution in [0.4, 0.5) is 27.6 Å². The van der Waals surface area contributed by atoms with Crippen molar-refractivity contribution >= 4 is 27.6 Å². The van der Waals surface area contributed by atoms with Gasteiger partial charge in [0.15, 0.2) is 23.3 Å². The maximum Gasteiger partial charge on any atom is 0.321 e. The molecule has 0 aliphatic rings. The van der Waals surface area contributed by atoms with Crippen LogP contribution in [0.2, 0.25) is 0 Å². The molecular weight excluding hydrogens is 341 g/mol. The molecule has 106 valence electrons. The van der Waals surface area contributed by atoms with E-state index < -0.39 is 52.1 Å². The lowest BCUT2D eigenvalue weighted by Gasteiger charge is -2.13. The molecule has 9 heteroatoms. The lowest BCUT2D eigenvalue weighted by molar-refractivity contribution is -0.139. The Balaban J connectivity index is 3.00. The molecule has 0 spiro atoms. The molecule has 1 atom stereocenters. The van der Waals surface area contributed by atoms with Crippen LogP contribution in [0.5, 0.6) is 0 Å². The summed E-state index contributed by atoms with van der Waals surface area (Å²) in [5, 5.41) is 1.96.